The molecule has 0 aliphatic heterocycles. The van der Waals surface area contributed by atoms with Gasteiger partial charge in [0.25, 0.3) is 5.91 Å². The maximum atomic E-state index is 12.9. The third kappa shape index (κ3) is 6.77. The molecule has 180 valence electrons. The predicted molar refractivity (Wildman–Crippen MR) is 103 cm³/mol. The second kappa shape index (κ2) is 10.0. The molecule has 0 radical (unpaired) electrons. The zero-order valence-electron chi connectivity index (χ0n) is 17.6. The number of hydrogen-bond acceptors (Lipinski definition) is 5. The highest BCUT2D eigenvalue weighted by molar-refractivity contribution is 5.91. The molecule has 1 unspecified atom stereocenters. The highest BCUT2D eigenvalue weighted by Crippen LogP contribution is 2.36. The van der Waals surface area contributed by atoms with Gasteiger partial charge in [0.05, 0.1) is 37.0 Å². The quantitative estimate of drug-likeness (QED) is 0.457. The Hall–Kier alpha value is -3.44. The van der Waals surface area contributed by atoms with E-state index in [9.17, 15) is 35.9 Å². The Labute approximate surface area is 184 Å². The largest absolute Gasteiger partial charge is 0.497 e. The number of ether oxygens (including phenoxy) is 3. The van der Waals surface area contributed by atoms with Gasteiger partial charge in [-0.3, -0.25) is 4.79 Å². The number of benzene rings is 2. The fraction of sp³-hybridized carbons (Fsp3) is 0.333. The van der Waals surface area contributed by atoms with E-state index in [-0.39, 0.29) is 18.2 Å². The summed E-state index contributed by atoms with van der Waals surface area (Å²) in [7, 11) is 2.85. The summed E-state index contributed by atoms with van der Waals surface area (Å²) >= 11 is 0. The first-order valence-corrected chi connectivity index (χ1v) is 9.24. The predicted octanol–water partition coefficient (Wildman–Crippen LogP) is 4.78. The summed E-state index contributed by atoms with van der Waals surface area (Å²) in [6.07, 6.45) is -10.3. The second-order valence-electron chi connectivity index (χ2n) is 6.77. The number of hydrogen-bond donors (Lipinski definition) is 1. The van der Waals surface area contributed by atoms with Crippen molar-refractivity contribution in [1.29, 1.82) is 0 Å². The lowest BCUT2D eigenvalue weighted by Crippen LogP contribution is -2.31. The SMILES string of the molecule is COc1ccc(OC)c(C(C)NC(=O)COC(=O)c2cc(C(F)(F)F)cc(C(F)(F)F)c2)c1. The number of methoxy groups -OCH3 is 2. The number of alkyl halides is 6. The Balaban J connectivity index is 2.13. The van der Waals surface area contributed by atoms with Crippen LogP contribution in [0.1, 0.15) is 40.0 Å². The van der Waals surface area contributed by atoms with Gasteiger partial charge >= 0.3 is 18.3 Å². The lowest BCUT2D eigenvalue weighted by atomic mass is 10.0. The number of carbonyl (C=O) groups excluding carboxylic acids is 2. The Morgan fingerprint density at radius 2 is 1.48 bits per heavy atom. The monoisotopic (exact) mass is 479 g/mol. The summed E-state index contributed by atoms with van der Waals surface area (Å²) in [5.41, 5.74) is -3.82. The molecule has 0 aliphatic carbocycles. The maximum Gasteiger partial charge on any atom is 0.416 e. The molecule has 6 nitrogen and oxygen atoms in total. The van der Waals surface area contributed by atoms with Crippen molar-refractivity contribution in [3.63, 3.8) is 0 Å². The Kier molecular flexibility index (Phi) is 7.83. The third-order valence-corrected chi connectivity index (χ3v) is 4.44. The van der Waals surface area contributed by atoms with Crippen LogP contribution in [0, 0.1) is 0 Å². The van der Waals surface area contributed by atoms with Crippen LogP contribution in [0.2, 0.25) is 0 Å². The zero-order chi connectivity index (χ0) is 25.0. The normalized spacial score (nSPS) is 12.6. The summed E-state index contributed by atoms with van der Waals surface area (Å²) < 4.78 is 92.5. The van der Waals surface area contributed by atoms with Crippen molar-refractivity contribution in [1.82, 2.24) is 5.32 Å². The molecule has 1 N–H and O–H groups in total. The highest BCUT2D eigenvalue weighted by Gasteiger charge is 2.37. The van der Waals surface area contributed by atoms with E-state index in [1.54, 1.807) is 25.1 Å². The van der Waals surface area contributed by atoms with E-state index in [1.165, 1.54) is 14.2 Å². The number of esters is 1. The molecule has 0 fully saturated rings. The van der Waals surface area contributed by atoms with Crippen LogP contribution in [0.4, 0.5) is 26.3 Å². The van der Waals surface area contributed by atoms with Crippen molar-refractivity contribution in [2.45, 2.75) is 25.3 Å². The van der Waals surface area contributed by atoms with Crippen LogP contribution in [-0.2, 0) is 21.9 Å². The van der Waals surface area contributed by atoms with Gasteiger partial charge in [0, 0.05) is 5.56 Å². The number of rotatable bonds is 7. The molecule has 0 heterocycles. The van der Waals surface area contributed by atoms with E-state index in [0.717, 1.165) is 0 Å². The topological polar surface area (TPSA) is 73.9 Å². The Morgan fingerprint density at radius 3 is 1.97 bits per heavy atom. The van der Waals surface area contributed by atoms with Gasteiger partial charge in [-0.05, 0) is 43.3 Å². The molecular formula is C21H19F6NO5. The average Bonchev–Trinajstić information content (AvgIpc) is 2.75. The van der Waals surface area contributed by atoms with E-state index >= 15 is 0 Å². The van der Waals surface area contributed by atoms with Gasteiger partial charge in [-0.1, -0.05) is 0 Å². The molecular weight excluding hydrogens is 460 g/mol. The first-order chi connectivity index (χ1) is 15.3. The lowest BCUT2D eigenvalue weighted by Gasteiger charge is -2.18. The highest BCUT2D eigenvalue weighted by atomic mass is 19.4. The van der Waals surface area contributed by atoms with Gasteiger partial charge < -0.3 is 19.5 Å². The van der Waals surface area contributed by atoms with E-state index < -0.39 is 53.6 Å². The van der Waals surface area contributed by atoms with E-state index in [0.29, 0.717) is 17.1 Å². The number of nitrogens with one attached hydrogen (secondary N) is 1. The minimum Gasteiger partial charge on any atom is -0.497 e. The molecule has 0 saturated heterocycles. The summed E-state index contributed by atoms with van der Waals surface area (Å²) in [4.78, 5) is 24.2. The lowest BCUT2D eigenvalue weighted by molar-refractivity contribution is -0.143. The maximum absolute atomic E-state index is 12.9. The van der Waals surface area contributed by atoms with E-state index in [2.05, 4.69) is 10.1 Å². The summed E-state index contributed by atoms with van der Waals surface area (Å²) in [6, 6.07) is 4.49. The van der Waals surface area contributed by atoms with Gasteiger partial charge in [0.1, 0.15) is 11.5 Å². The Bertz CT molecular complexity index is 987. The fourth-order valence-electron chi connectivity index (χ4n) is 2.83. The van der Waals surface area contributed by atoms with Crippen molar-refractivity contribution >= 4 is 11.9 Å². The molecule has 0 saturated carbocycles. The Morgan fingerprint density at radius 1 is 0.909 bits per heavy atom. The first-order valence-electron chi connectivity index (χ1n) is 9.24. The molecule has 1 atom stereocenters. The van der Waals surface area contributed by atoms with E-state index in [1.807, 2.05) is 0 Å². The van der Waals surface area contributed by atoms with Gasteiger partial charge in [-0.2, -0.15) is 26.3 Å². The molecule has 12 heteroatoms. The molecule has 0 aromatic heterocycles. The van der Waals surface area contributed by atoms with Crippen LogP contribution in [0.5, 0.6) is 11.5 Å². The first kappa shape index (κ1) is 25.8. The zero-order valence-corrected chi connectivity index (χ0v) is 17.6. The number of carbonyl (C=O) groups is 2. The van der Waals surface area contributed by atoms with Crippen LogP contribution >= 0.6 is 0 Å². The fourth-order valence-corrected chi connectivity index (χ4v) is 2.83. The number of halogens is 6. The minimum atomic E-state index is -5.13. The van der Waals surface area contributed by atoms with Crippen LogP contribution in [-0.4, -0.2) is 32.7 Å². The average molecular weight is 479 g/mol. The van der Waals surface area contributed by atoms with Crippen molar-refractivity contribution in [3.8, 4) is 11.5 Å². The molecule has 2 aromatic carbocycles. The standard InChI is InChI=1S/C21H19F6NO5/c1-11(16-9-15(31-2)4-5-17(16)32-3)28-18(29)10-33-19(30)12-6-13(20(22,23)24)8-14(7-12)21(25,26)27/h4-9,11H,10H2,1-3H3,(H,28,29). The smallest absolute Gasteiger partial charge is 0.416 e. The minimum absolute atomic E-state index is 0.118. The van der Waals surface area contributed by atoms with Crippen LogP contribution in [0.3, 0.4) is 0 Å². The molecule has 0 bridgehead atoms. The van der Waals surface area contributed by atoms with Crippen molar-refractivity contribution in [2.75, 3.05) is 20.8 Å². The molecule has 2 rings (SSSR count). The van der Waals surface area contributed by atoms with E-state index in [4.69, 9.17) is 9.47 Å². The third-order valence-electron chi connectivity index (χ3n) is 4.44. The molecule has 0 aliphatic rings. The molecule has 33 heavy (non-hydrogen) atoms. The second-order valence-corrected chi connectivity index (χ2v) is 6.77. The summed E-state index contributed by atoms with van der Waals surface area (Å²) in [5.74, 6) is -1.47. The summed E-state index contributed by atoms with van der Waals surface area (Å²) in [6.45, 7) is 0.645. The van der Waals surface area contributed by atoms with Crippen LogP contribution in [0.25, 0.3) is 0 Å². The van der Waals surface area contributed by atoms with Gasteiger partial charge in [-0.25, -0.2) is 4.79 Å². The van der Waals surface area contributed by atoms with Crippen molar-refractivity contribution < 1.29 is 50.1 Å². The van der Waals surface area contributed by atoms with Crippen molar-refractivity contribution in [3.05, 3.63) is 58.7 Å². The van der Waals surface area contributed by atoms with Gasteiger partial charge in [0.2, 0.25) is 0 Å². The van der Waals surface area contributed by atoms with Crippen LogP contribution < -0.4 is 14.8 Å². The van der Waals surface area contributed by atoms with Crippen LogP contribution in [0.15, 0.2) is 36.4 Å². The van der Waals surface area contributed by atoms with Gasteiger partial charge in [0.15, 0.2) is 6.61 Å². The molecule has 1 amide bonds. The van der Waals surface area contributed by atoms with Crippen molar-refractivity contribution in [2.24, 2.45) is 0 Å². The molecule has 2 aromatic rings. The van der Waals surface area contributed by atoms with Gasteiger partial charge in [-0.15, -0.1) is 0 Å². The summed E-state index contributed by atoms with van der Waals surface area (Å²) in [5, 5.41) is 2.49. The molecule has 0 spiro atoms. The number of amides is 1.